The summed E-state index contributed by atoms with van der Waals surface area (Å²) in [6.07, 6.45) is 1.24. The average Bonchev–Trinajstić information content (AvgIpc) is 2.83. The van der Waals surface area contributed by atoms with Crippen molar-refractivity contribution in [1.29, 1.82) is 0 Å². The monoisotopic (exact) mass is 314 g/mol. The Morgan fingerprint density at radius 2 is 1.96 bits per heavy atom. The number of carbonyl (C=O) groups excluding carboxylic acids is 4. The minimum atomic E-state index is -0.571. The molecule has 0 saturated carbocycles. The summed E-state index contributed by atoms with van der Waals surface area (Å²) in [5, 5.41) is 0. The van der Waals surface area contributed by atoms with Gasteiger partial charge in [-0.25, -0.2) is 0 Å². The van der Waals surface area contributed by atoms with Crippen molar-refractivity contribution in [3.63, 3.8) is 0 Å². The molecule has 0 radical (unpaired) electrons. The van der Waals surface area contributed by atoms with Crippen molar-refractivity contribution in [2.45, 2.75) is 38.5 Å². The second kappa shape index (κ2) is 5.72. The van der Waals surface area contributed by atoms with Gasteiger partial charge in [-0.1, -0.05) is 23.8 Å². The summed E-state index contributed by atoms with van der Waals surface area (Å²) in [4.78, 5) is 47.1. The van der Waals surface area contributed by atoms with Gasteiger partial charge in [-0.05, 0) is 37.3 Å². The maximum Gasteiger partial charge on any atom is 0.317 e. The number of carbonyl (C=O) groups is 4. The van der Waals surface area contributed by atoms with Gasteiger partial charge in [-0.15, -0.1) is 0 Å². The Morgan fingerprint density at radius 1 is 1.22 bits per heavy atom. The fraction of sp³-hybridized carbons (Fsp3) is 0.444. The SMILES string of the molecule is CC(=O)C1CC(C2CC(=O)OC2=O)c2ccc(C)cc2C1C=O. The maximum atomic E-state index is 12.0. The van der Waals surface area contributed by atoms with E-state index >= 15 is 0 Å². The first-order valence-electron chi connectivity index (χ1n) is 7.73. The van der Waals surface area contributed by atoms with E-state index in [0.717, 1.165) is 23.0 Å². The van der Waals surface area contributed by atoms with Crippen LogP contribution in [0.1, 0.15) is 48.3 Å². The van der Waals surface area contributed by atoms with Crippen LogP contribution in [0.3, 0.4) is 0 Å². The molecule has 0 N–H and O–H groups in total. The molecule has 0 amide bonds. The Kier molecular flexibility index (Phi) is 3.88. The number of ketones is 1. The summed E-state index contributed by atoms with van der Waals surface area (Å²) >= 11 is 0. The molecule has 1 aliphatic heterocycles. The van der Waals surface area contributed by atoms with Gasteiger partial charge in [-0.2, -0.15) is 0 Å². The smallest absolute Gasteiger partial charge is 0.317 e. The van der Waals surface area contributed by atoms with E-state index in [1.807, 2.05) is 25.1 Å². The number of ether oxygens (including phenoxy) is 1. The van der Waals surface area contributed by atoms with Gasteiger partial charge in [-0.3, -0.25) is 14.4 Å². The van der Waals surface area contributed by atoms with Gasteiger partial charge in [0.15, 0.2) is 0 Å². The van der Waals surface area contributed by atoms with Crippen molar-refractivity contribution in [2.24, 2.45) is 11.8 Å². The van der Waals surface area contributed by atoms with Gasteiger partial charge in [0.1, 0.15) is 12.1 Å². The van der Waals surface area contributed by atoms with Gasteiger partial charge in [0.05, 0.1) is 12.3 Å². The molecule has 5 nitrogen and oxygen atoms in total. The zero-order valence-corrected chi connectivity index (χ0v) is 13.1. The number of rotatable bonds is 3. The molecule has 1 aliphatic carbocycles. The number of aldehydes is 1. The zero-order chi connectivity index (χ0) is 16.7. The lowest BCUT2D eigenvalue weighted by Crippen LogP contribution is -2.33. The van der Waals surface area contributed by atoms with Gasteiger partial charge >= 0.3 is 11.9 Å². The minimum Gasteiger partial charge on any atom is -0.393 e. The number of esters is 2. The van der Waals surface area contributed by atoms with E-state index < -0.39 is 29.7 Å². The Hall–Kier alpha value is -2.30. The second-order valence-electron chi connectivity index (χ2n) is 6.46. The van der Waals surface area contributed by atoms with E-state index in [-0.39, 0.29) is 18.1 Å². The van der Waals surface area contributed by atoms with E-state index in [4.69, 9.17) is 0 Å². The summed E-state index contributed by atoms with van der Waals surface area (Å²) in [7, 11) is 0. The predicted molar refractivity (Wildman–Crippen MR) is 80.7 cm³/mol. The van der Waals surface area contributed by atoms with Gasteiger partial charge in [0.2, 0.25) is 0 Å². The van der Waals surface area contributed by atoms with Gasteiger partial charge < -0.3 is 9.53 Å². The van der Waals surface area contributed by atoms with Crippen LogP contribution in [-0.4, -0.2) is 24.0 Å². The molecule has 120 valence electrons. The highest BCUT2D eigenvalue weighted by Gasteiger charge is 2.46. The second-order valence-corrected chi connectivity index (χ2v) is 6.46. The lowest BCUT2D eigenvalue weighted by Gasteiger charge is -2.36. The number of hydrogen-bond donors (Lipinski definition) is 0. The summed E-state index contributed by atoms with van der Waals surface area (Å²) in [5.41, 5.74) is 2.66. The third-order valence-electron chi connectivity index (χ3n) is 5.00. The molecule has 1 heterocycles. The van der Waals surface area contributed by atoms with Crippen LogP contribution in [0.15, 0.2) is 18.2 Å². The van der Waals surface area contributed by atoms with E-state index in [1.165, 1.54) is 6.92 Å². The van der Waals surface area contributed by atoms with Gasteiger partial charge in [0.25, 0.3) is 0 Å². The summed E-state index contributed by atoms with van der Waals surface area (Å²) in [5.74, 6) is -2.92. The van der Waals surface area contributed by atoms with E-state index in [9.17, 15) is 19.2 Å². The van der Waals surface area contributed by atoms with E-state index in [1.54, 1.807) is 0 Å². The van der Waals surface area contributed by atoms with Crippen LogP contribution in [0.5, 0.6) is 0 Å². The first-order valence-corrected chi connectivity index (χ1v) is 7.73. The molecule has 1 saturated heterocycles. The first kappa shape index (κ1) is 15.6. The lowest BCUT2D eigenvalue weighted by molar-refractivity contribution is -0.153. The van der Waals surface area contributed by atoms with Crippen LogP contribution in [0.4, 0.5) is 0 Å². The quantitative estimate of drug-likeness (QED) is 0.485. The fourth-order valence-corrected chi connectivity index (χ4v) is 3.85. The molecule has 0 bridgehead atoms. The molecule has 0 spiro atoms. The molecule has 5 heteroatoms. The van der Waals surface area contributed by atoms with E-state index in [2.05, 4.69) is 4.74 Å². The van der Waals surface area contributed by atoms with Crippen molar-refractivity contribution in [1.82, 2.24) is 0 Å². The highest BCUT2D eigenvalue weighted by Crippen LogP contribution is 2.47. The average molecular weight is 314 g/mol. The van der Waals surface area contributed by atoms with Crippen molar-refractivity contribution in [2.75, 3.05) is 0 Å². The summed E-state index contributed by atoms with van der Waals surface area (Å²) < 4.78 is 4.68. The molecule has 1 aromatic carbocycles. The number of aryl methyl sites for hydroxylation is 1. The Morgan fingerprint density at radius 3 is 2.52 bits per heavy atom. The van der Waals surface area contributed by atoms with Crippen LogP contribution in [0.25, 0.3) is 0 Å². The summed E-state index contributed by atoms with van der Waals surface area (Å²) in [6.45, 7) is 3.39. The third kappa shape index (κ3) is 2.60. The van der Waals surface area contributed by atoms with Crippen LogP contribution in [-0.2, 0) is 23.9 Å². The molecule has 4 atom stereocenters. The highest BCUT2D eigenvalue weighted by molar-refractivity contribution is 5.95. The van der Waals surface area contributed by atoms with Crippen molar-refractivity contribution < 1.29 is 23.9 Å². The Bertz CT molecular complexity index is 705. The molecule has 1 fully saturated rings. The zero-order valence-electron chi connectivity index (χ0n) is 13.1. The minimum absolute atomic E-state index is 0.0349. The Balaban J connectivity index is 2.10. The molecule has 23 heavy (non-hydrogen) atoms. The molecule has 2 aliphatic rings. The van der Waals surface area contributed by atoms with Crippen LogP contribution < -0.4 is 0 Å². The maximum absolute atomic E-state index is 12.0. The van der Waals surface area contributed by atoms with Crippen molar-refractivity contribution >= 4 is 24.0 Å². The number of benzene rings is 1. The molecule has 0 aromatic heterocycles. The van der Waals surface area contributed by atoms with Crippen molar-refractivity contribution in [3.05, 3.63) is 34.9 Å². The number of cyclic esters (lactones) is 2. The predicted octanol–water partition coefficient (Wildman–Crippen LogP) is 2.06. The highest BCUT2D eigenvalue weighted by atomic mass is 16.6. The van der Waals surface area contributed by atoms with Crippen molar-refractivity contribution in [3.8, 4) is 0 Å². The topological polar surface area (TPSA) is 77.5 Å². The third-order valence-corrected chi connectivity index (χ3v) is 5.00. The van der Waals surface area contributed by atoms with Crippen LogP contribution in [0, 0.1) is 18.8 Å². The molecular formula is C18H18O5. The molecule has 3 rings (SSSR count). The van der Waals surface area contributed by atoms with Crippen LogP contribution >= 0.6 is 0 Å². The summed E-state index contributed by atoms with van der Waals surface area (Å²) in [6, 6.07) is 5.72. The molecule has 4 unspecified atom stereocenters. The lowest BCUT2D eigenvalue weighted by atomic mass is 9.65. The molecule has 1 aromatic rings. The first-order chi connectivity index (χ1) is 10.9. The van der Waals surface area contributed by atoms with Gasteiger partial charge in [0, 0.05) is 11.8 Å². The molecular weight excluding hydrogens is 296 g/mol. The normalized spacial score (nSPS) is 29.8. The fourth-order valence-electron chi connectivity index (χ4n) is 3.85. The standard InChI is InChI=1S/C18H18O5/c1-9-3-4-11-13(5-9)16(8-19)12(10(2)20)6-14(11)15-7-17(21)23-18(15)22/h3-5,8,12,14-16H,6-7H2,1-2H3. The number of fused-ring (bicyclic) bond motifs is 1. The van der Waals surface area contributed by atoms with E-state index in [0.29, 0.717) is 6.42 Å². The number of hydrogen-bond acceptors (Lipinski definition) is 5. The largest absolute Gasteiger partial charge is 0.393 e. The van der Waals surface area contributed by atoms with Crippen LogP contribution in [0.2, 0.25) is 0 Å². The Labute approximate surface area is 134 Å². The number of Topliss-reactive ketones (excluding diaryl/α,β-unsaturated/α-hetero) is 1.